The van der Waals surface area contributed by atoms with E-state index in [1.54, 1.807) is 0 Å². The molecule has 1 aliphatic rings. The Hall–Kier alpha value is -6.70. The molecule has 0 bridgehead atoms. The first-order chi connectivity index (χ1) is 26.5. The summed E-state index contributed by atoms with van der Waals surface area (Å²) in [6, 6.07) is 69.7. The second kappa shape index (κ2) is 11.7. The molecule has 0 aromatic heterocycles. The van der Waals surface area contributed by atoms with Gasteiger partial charge in [0.25, 0.3) is 0 Å². The van der Waals surface area contributed by atoms with Crippen LogP contribution in [-0.2, 0) is 5.41 Å². The van der Waals surface area contributed by atoms with Crippen molar-refractivity contribution in [2.75, 3.05) is 4.90 Å². The molecule has 0 atom stereocenters. The standard InChI is InChI=1S/C53H37N/c1-53(2)49-32-37(36-25-28-45-43-21-8-7-19-41(43)42-20-9-10-22-44(42)48(45)31-36)26-29-46(49)47-30-27-38(33-50(47)53)54(51-23-11-15-34-13-3-5-17-39(34)51)52-24-12-16-35-14-4-6-18-40(35)52/h3-33H,1-2H3. The van der Waals surface area contributed by atoms with Gasteiger partial charge in [0, 0.05) is 21.9 Å². The number of rotatable bonds is 4. The molecule has 0 aliphatic heterocycles. The van der Waals surface area contributed by atoms with E-state index in [9.17, 15) is 0 Å². The Balaban J connectivity index is 1.06. The summed E-state index contributed by atoms with van der Waals surface area (Å²) in [6.07, 6.45) is 0. The third-order valence-corrected chi connectivity index (χ3v) is 12.0. The lowest BCUT2D eigenvalue weighted by molar-refractivity contribution is 0.660. The number of anilines is 3. The molecule has 0 heterocycles. The molecule has 0 N–H and O–H groups in total. The number of nitrogens with zero attached hydrogens (tertiary/aromatic N) is 1. The maximum Gasteiger partial charge on any atom is 0.0540 e. The van der Waals surface area contributed by atoms with Crippen LogP contribution in [0.1, 0.15) is 25.0 Å². The van der Waals surface area contributed by atoms with Gasteiger partial charge in [0.2, 0.25) is 0 Å². The van der Waals surface area contributed by atoms with Crippen molar-refractivity contribution in [3.8, 4) is 22.3 Å². The molecular weight excluding hydrogens is 651 g/mol. The minimum absolute atomic E-state index is 0.195. The van der Waals surface area contributed by atoms with Gasteiger partial charge in [-0.05, 0) is 113 Å². The van der Waals surface area contributed by atoms with E-state index in [-0.39, 0.29) is 5.41 Å². The SMILES string of the molecule is CC1(C)c2cc(-c3ccc4c5ccccc5c5ccccc5c4c3)ccc2-c2ccc(N(c3cccc4ccccc34)c3cccc4ccccc34)cc21. The van der Waals surface area contributed by atoms with Gasteiger partial charge in [0.1, 0.15) is 0 Å². The molecule has 1 heteroatoms. The first kappa shape index (κ1) is 30.9. The van der Waals surface area contributed by atoms with E-state index in [0.29, 0.717) is 0 Å². The van der Waals surface area contributed by atoms with E-state index in [2.05, 4.69) is 207 Å². The normalized spacial score (nSPS) is 13.1. The fourth-order valence-corrected chi connectivity index (χ4v) is 9.35. The molecule has 254 valence electrons. The minimum Gasteiger partial charge on any atom is -0.309 e. The van der Waals surface area contributed by atoms with Crippen LogP contribution in [0.5, 0.6) is 0 Å². The van der Waals surface area contributed by atoms with Crippen LogP contribution in [0.2, 0.25) is 0 Å². The van der Waals surface area contributed by atoms with Gasteiger partial charge in [-0.2, -0.15) is 0 Å². The van der Waals surface area contributed by atoms with Gasteiger partial charge in [-0.1, -0.05) is 166 Å². The average molecular weight is 688 g/mol. The van der Waals surface area contributed by atoms with Crippen molar-refractivity contribution < 1.29 is 0 Å². The molecule has 11 rings (SSSR count). The van der Waals surface area contributed by atoms with Crippen molar-refractivity contribution in [2.24, 2.45) is 0 Å². The summed E-state index contributed by atoms with van der Waals surface area (Å²) in [4.78, 5) is 2.47. The highest BCUT2D eigenvalue weighted by Gasteiger charge is 2.36. The van der Waals surface area contributed by atoms with Crippen molar-refractivity contribution in [2.45, 2.75) is 19.3 Å². The van der Waals surface area contributed by atoms with E-state index in [0.717, 1.165) is 5.69 Å². The predicted octanol–water partition coefficient (Wildman–Crippen LogP) is 14.9. The molecule has 0 fully saturated rings. The summed E-state index contributed by atoms with van der Waals surface area (Å²) in [5.41, 5.74) is 11.2. The second-order valence-corrected chi connectivity index (χ2v) is 15.3. The quantitative estimate of drug-likeness (QED) is 0.167. The molecular formula is C53H37N. The fourth-order valence-electron chi connectivity index (χ4n) is 9.35. The monoisotopic (exact) mass is 687 g/mol. The van der Waals surface area contributed by atoms with Gasteiger partial charge in [0.15, 0.2) is 0 Å². The average Bonchev–Trinajstić information content (AvgIpc) is 3.45. The molecule has 1 nitrogen and oxygen atoms in total. The third-order valence-electron chi connectivity index (χ3n) is 12.0. The van der Waals surface area contributed by atoms with Crippen molar-refractivity contribution in [3.05, 3.63) is 199 Å². The van der Waals surface area contributed by atoms with Gasteiger partial charge in [-0.25, -0.2) is 0 Å². The predicted molar refractivity (Wildman–Crippen MR) is 232 cm³/mol. The van der Waals surface area contributed by atoms with Crippen LogP contribution in [0, 0.1) is 0 Å². The second-order valence-electron chi connectivity index (χ2n) is 15.3. The lowest BCUT2D eigenvalue weighted by Gasteiger charge is -2.30. The van der Waals surface area contributed by atoms with Crippen LogP contribution in [0.25, 0.3) is 76.1 Å². The molecule has 0 saturated heterocycles. The number of fused-ring (bicyclic) bond motifs is 11. The van der Waals surface area contributed by atoms with Crippen LogP contribution < -0.4 is 4.90 Å². The van der Waals surface area contributed by atoms with E-state index < -0.39 is 0 Å². The minimum atomic E-state index is -0.195. The van der Waals surface area contributed by atoms with E-state index in [1.807, 2.05) is 0 Å². The Kier molecular flexibility index (Phi) is 6.66. The van der Waals surface area contributed by atoms with E-state index >= 15 is 0 Å². The largest absolute Gasteiger partial charge is 0.309 e. The summed E-state index contributed by atoms with van der Waals surface area (Å²) >= 11 is 0. The summed E-state index contributed by atoms with van der Waals surface area (Å²) in [5.74, 6) is 0. The molecule has 0 unspecified atom stereocenters. The number of hydrogen-bond donors (Lipinski definition) is 0. The zero-order valence-electron chi connectivity index (χ0n) is 30.3. The molecule has 10 aromatic rings. The number of hydrogen-bond acceptors (Lipinski definition) is 1. The number of benzene rings is 10. The molecule has 0 radical (unpaired) electrons. The van der Waals surface area contributed by atoms with Crippen LogP contribution in [0.15, 0.2) is 188 Å². The first-order valence-corrected chi connectivity index (χ1v) is 18.9. The maximum atomic E-state index is 2.47. The van der Waals surface area contributed by atoms with Crippen LogP contribution in [-0.4, -0.2) is 0 Å². The van der Waals surface area contributed by atoms with Crippen molar-refractivity contribution in [1.82, 2.24) is 0 Å². The van der Waals surface area contributed by atoms with E-state index in [1.165, 1.54) is 98.6 Å². The highest BCUT2D eigenvalue weighted by Crippen LogP contribution is 2.52. The topological polar surface area (TPSA) is 3.24 Å². The first-order valence-electron chi connectivity index (χ1n) is 18.9. The summed E-state index contributed by atoms with van der Waals surface area (Å²) in [5, 5.41) is 12.8. The smallest absolute Gasteiger partial charge is 0.0540 e. The highest BCUT2D eigenvalue weighted by molar-refractivity contribution is 6.25. The van der Waals surface area contributed by atoms with Gasteiger partial charge in [-0.15, -0.1) is 0 Å². The van der Waals surface area contributed by atoms with Crippen molar-refractivity contribution >= 4 is 70.9 Å². The zero-order valence-corrected chi connectivity index (χ0v) is 30.3. The summed E-state index contributed by atoms with van der Waals surface area (Å²) in [6.45, 7) is 4.79. The molecule has 10 aromatic carbocycles. The molecule has 0 spiro atoms. The van der Waals surface area contributed by atoms with Gasteiger partial charge >= 0.3 is 0 Å². The Morgan fingerprint density at radius 3 is 1.35 bits per heavy atom. The lowest BCUT2D eigenvalue weighted by atomic mass is 9.81. The van der Waals surface area contributed by atoms with Crippen LogP contribution in [0.3, 0.4) is 0 Å². The molecule has 1 aliphatic carbocycles. The third kappa shape index (κ3) is 4.52. The highest BCUT2D eigenvalue weighted by atomic mass is 15.1. The summed E-state index contributed by atoms with van der Waals surface area (Å²) in [7, 11) is 0. The van der Waals surface area contributed by atoms with Crippen molar-refractivity contribution in [3.63, 3.8) is 0 Å². The molecule has 0 amide bonds. The molecule has 0 saturated carbocycles. The van der Waals surface area contributed by atoms with E-state index in [4.69, 9.17) is 0 Å². The molecule has 54 heavy (non-hydrogen) atoms. The van der Waals surface area contributed by atoms with Crippen LogP contribution >= 0.6 is 0 Å². The Bertz CT molecular complexity index is 3020. The summed E-state index contributed by atoms with van der Waals surface area (Å²) < 4.78 is 0. The van der Waals surface area contributed by atoms with Gasteiger partial charge < -0.3 is 4.90 Å². The lowest BCUT2D eigenvalue weighted by Crippen LogP contribution is -2.17. The fraction of sp³-hybridized carbons (Fsp3) is 0.0566. The van der Waals surface area contributed by atoms with Gasteiger partial charge in [0.05, 0.1) is 11.4 Å². The Morgan fingerprint density at radius 1 is 0.333 bits per heavy atom. The zero-order chi connectivity index (χ0) is 36.0. The maximum absolute atomic E-state index is 2.47. The Morgan fingerprint density at radius 2 is 0.759 bits per heavy atom. The van der Waals surface area contributed by atoms with Gasteiger partial charge in [-0.3, -0.25) is 0 Å². The van der Waals surface area contributed by atoms with Crippen LogP contribution in [0.4, 0.5) is 17.1 Å². The van der Waals surface area contributed by atoms with Crippen molar-refractivity contribution in [1.29, 1.82) is 0 Å². The Labute approximate surface area is 315 Å².